The molecule has 0 aliphatic heterocycles. The maximum atomic E-state index is 5.35. The second-order valence-electron chi connectivity index (χ2n) is 5.39. The molecule has 0 aliphatic rings. The minimum atomic E-state index is 0.343. The molecule has 0 aliphatic carbocycles. The summed E-state index contributed by atoms with van der Waals surface area (Å²) in [6, 6.07) is 19.1. The van der Waals surface area contributed by atoms with E-state index in [-0.39, 0.29) is 0 Å². The van der Waals surface area contributed by atoms with E-state index in [2.05, 4.69) is 60.9 Å². The largest absolute Gasteiger partial charge is 0.360 e. The van der Waals surface area contributed by atoms with Crippen LogP contribution in [0.5, 0.6) is 0 Å². The highest BCUT2D eigenvalue weighted by atomic mass is 32.1. The summed E-state index contributed by atoms with van der Waals surface area (Å²) in [5, 5.41) is 7.23. The Morgan fingerprint density at radius 3 is 2.38 bits per heavy atom. The van der Waals surface area contributed by atoms with Gasteiger partial charge in [-0.2, -0.15) is 0 Å². The van der Waals surface area contributed by atoms with E-state index in [9.17, 15) is 0 Å². The van der Waals surface area contributed by atoms with Crippen LogP contribution >= 0.6 is 12.2 Å². The predicted octanol–water partition coefficient (Wildman–Crippen LogP) is 4.30. The Morgan fingerprint density at radius 2 is 1.71 bits per heavy atom. The standard InChI is InChI=1S/C18H22N2S/c1-14-8-12-17(13-9-14)20-18(21)19-15(2)10-11-16-6-4-3-5-7-16/h3-9,12-13,15H,10-11H2,1-2H3,(H2,19,20,21). The van der Waals surface area contributed by atoms with Crippen molar-refractivity contribution in [2.45, 2.75) is 32.7 Å². The Kier molecular flexibility index (Phi) is 5.76. The lowest BCUT2D eigenvalue weighted by atomic mass is 10.1. The number of hydrogen-bond donors (Lipinski definition) is 2. The summed E-state index contributed by atoms with van der Waals surface area (Å²) in [4.78, 5) is 0. The highest BCUT2D eigenvalue weighted by molar-refractivity contribution is 7.80. The molecule has 110 valence electrons. The number of hydrogen-bond acceptors (Lipinski definition) is 1. The zero-order valence-corrected chi connectivity index (χ0v) is 13.4. The molecule has 0 fully saturated rings. The molecule has 1 unspecified atom stereocenters. The van der Waals surface area contributed by atoms with Crippen molar-refractivity contribution in [3.8, 4) is 0 Å². The van der Waals surface area contributed by atoms with Gasteiger partial charge in [0.15, 0.2) is 5.11 Å². The third-order valence-electron chi connectivity index (χ3n) is 3.40. The van der Waals surface area contributed by atoms with Gasteiger partial charge in [0, 0.05) is 11.7 Å². The van der Waals surface area contributed by atoms with Gasteiger partial charge in [-0.1, -0.05) is 48.0 Å². The predicted molar refractivity (Wildman–Crippen MR) is 94.8 cm³/mol. The lowest BCUT2D eigenvalue weighted by Gasteiger charge is -2.17. The summed E-state index contributed by atoms with van der Waals surface area (Å²) in [6.45, 7) is 4.23. The van der Waals surface area contributed by atoms with Crippen molar-refractivity contribution in [3.63, 3.8) is 0 Å². The monoisotopic (exact) mass is 298 g/mol. The van der Waals surface area contributed by atoms with Crippen molar-refractivity contribution in [2.75, 3.05) is 5.32 Å². The van der Waals surface area contributed by atoms with Crippen LogP contribution in [0.1, 0.15) is 24.5 Å². The maximum absolute atomic E-state index is 5.35. The molecule has 0 saturated heterocycles. The first-order valence-corrected chi connectivity index (χ1v) is 7.72. The molecule has 0 heterocycles. The van der Waals surface area contributed by atoms with Crippen LogP contribution in [0, 0.1) is 6.92 Å². The fraction of sp³-hybridized carbons (Fsp3) is 0.278. The van der Waals surface area contributed by atoms with Gasteiger partial charge in [0.05, 0.1) is 0 Å². The van der Waals surface area contributed by atoms with Crippen LogP contribution in [-0.4, -0.2) is 11.2 Å². The quantitative estimate of drug-likeness (QED) is 0.805. The highest BCUT2D eigenvalue weighted by Crippen LogP contribution is 2.09. The fourth-order valence-electron chi connectivity index (χ4n) is 2.13. The summed E-state index contributed by atoms with van der Waals surface area (Å²) < 4.78 is 0. The Labute approximate surface area is 132 Å². The zero-order valence-electron chi connectivity index (χ0n) is 12.6. The van der Waals surface area contributed by atoms with Crippen LogP contribution in [-0.2, 0) is 6.42 Å². The van der Waals surface area contributed by atoms with Gasteiger partial charge in [-0.3, -0.25) is 0 Å². The smallest absolute Gasteiger partial charge is 0.170 e. The highest BCUT2D eigenvalue weighted by Gasteiger charge is 2.05. The Hall–Kier alpha value is -1.87. The number of benzene rings is 2. The van der Waals surface area contributed by atoms with Crippen LogP contribution in [0.4, 0.5) is 5.69 Å². The number of nitrogens with one attached hydrogen (secondary N) is 2. The Balaban J connectivity index is 1.75. The molecule has 0 amide bonds. The molecule has 21 heavy (non-hydrogen) atoms. The van der Waals surface area contributed by atoms with Gasteiger partial charge < -0.3 is 10.6 Å². The number of rotatable bonds is 5. The average molecular weight is 298 g/mol. The molecule has 2 aromatic carbocycles. The van der Waals surface area contributed by atoms with Gasteiger partial charge in [-0.05, 0) is 56.6 Å². The summed E-state index contributed by atoms with van der Waals surface area (Å²) in [7, 11) is 0. The van der Waals surface area contributed by atoms with E-state index in [0.717, 1.165) is 18.5 Å². The third kappa shape index (κ3) is 5.56. The van der Waals surface area contributed by atoms with Crippen LogP contribution < -0.4 is 10.6 Å². The van der Waals surface area contributed by atoms with E-state index in [0.29, 0.717) is 11.2 Å². The van der Waals surface area contributed by atoms with Crippen molar-refractivity contribution >= 4 is 23.0 Å². The Morgan fingerprint density at radius 1 is 1.05 bits per heavy atom. The van der Waals surface area contributed by atoms with Crippen LogP contribution in [0.2, 0.25) is 0 Å². The molecule has 2 nitrogen and oxygen atoms in total. The van der Waals surface area contributed by atoms with Crippen molar-refractivity contribution < 1.29 is 0 Å². The van der Waals surface area contributed by atoms with Crippen molar-refractivity contribution in [3.05, 3.63) is 65.7 Å². The minimum absolute atomic E-state index is 0.343. The summed E-state index contributed by atoms with van der Waals surface area (Å²) >= 11 is 5.35. The van der Waals surface area contributed by atoms with E-state index < -0.39 is 0 Å². The van der Waals surface area contributed by atoms with Crippen molar-refractivity contribution in [1.82, 2.24) is 5.32 Å². The van der Waals surface area contributed by atoms with Crippen LogP contribution in [0.3, 0.4) is 0 Å². The molecule has 0 saturated carbocycles. The van der Waals surface area contributed by atoms with Gasteiger partial charge in [0.1, 0.15) is 0 Å². The minimum Gasteiger partial charge on any atom is -0.360 e. The number of aryl methyl sites for hydroxylation is 2. The fourth-order valence-corrected chi connectivity index (χ4v) is 2.45. The molecule has 3 heteroatoms. The van der Waals surface area contributed by atoms with Gasteiger partial charge in [0.25, 0.3) is 0 Å². The molecule has 2 aromatic rings. The molecule has 1 atom stereocenters. The lowest BCUT2D eigenvalue weighted by Crippen LogP contribution is -2.36. The van der Waals surface area contributed by atoms with Crippen LogP contribution in [0.15, 0.2) is 54.6 Å². The average Bonchev–Trinajstić information content (AvgIpc) is 2.48. The zero-order chi connectivity index (χ0) is 15.1. The first-order valence-electron chi connectivity index (χ1n) is 7.31. The third-order valence-corrected chi connectivity index (χ3v) is 3.62. The molecule has 2 rings (SSSR count). The van der Waals surface area contributed by atoms with E-state index >= 15 is 0 Å². The number of anilines is 1. The van der Waals surface area contributed by atoms with Crippen molar-refractivity contribution in [2.24, 2.45) is 0 Å². The van der Waals surface area contributed by atoms with Gasteiger partial charge >= 0.3 is 0 Å². The summed E-state index contributed by atoms with van der Waals surface area (Å²) in [5.41, 5.74) is 3.63. The van der Waals surface area contributed by atoms with E-state index in [1.54, 1.807) is 0 Å². The van der Waals surface area contributed by atoms with Gasteiger partial charge in [0.2, 0.25) is 0 Å². The van der Waals surface area contributed by atoms with E-state index in [1.807, 2.05) is 18.2 Å². The lowest BCUT2D eigenvalue weighted by molar-refractivity contribution is 0.609. The molecule has 0 radical (unpaired) electrons. The number of thiocarbonyl (C=S) groups is 1. The van der Waals surface area contributed by atoms with E-state index in [4.69, 9.17) is 12.2 Å². The van der Waals surface area contributed by atoms with Gasteiger partial charge in [-0.25, -0.2) is 0 Å². The molecule has 0 bridgehead atoms. The SMILES string of the molecule is Cc1ccc(NC(=S)NC(C)CCc2ccccc2)cc1. The second kappa shape index (κ2) is 7.79. The summed E-state index contributed by atoms with van der Waals surface area (Å²) in [5.74, 6) is 0. The second-order valence-corrected chi connectivity index (χ2v) is 5.80. The first kappa shape index (κ1) is 15.5. The van der Waals surface area contributed by atoms with Crippen LogP contribution in [0.25, 0.3) is 0 Å². The summed E-state index contributed by atoms with van der Waals surface area (Å²) in [6.07, 6.45) is 2.11. The van der Waals surface area contributed by atoms with E-state index in [1.165, 1.54) is 11.1 Å². The molecular formula is C18H22N2S. The maximum Gasteiger partial charge on any atom is 0.170 e. The molecule has 0 aromatic heterocycles. The molecular weight excluding hydrogens is 276 g/mol. The van der Waals surface area contributed by atoms with Crippen molar-refractivity contribution in [1.29, 1.82) is 0 Å². The molecule has 0 spiro atoms. The Bertz CT molecular complexity index is 564. The first-order chi connectivity index (χ1) is 10.1. The molecule has 2 N–H and O–H groups in total. The topological polar surface area (TPSA) is 24.1 Å². The normalized spacial score (nSPS) is 11.7. The van der Waals surface area contributed by atoms with Gasteiger partial charge in [-0.15, -0.1) is 0 Å².